The van der Waals surface area contributed by atoms with E-state index in [4.69, 9.17) is 0 Å². The molecule has 1 amide bonds. The van der Waals surface area contributed by atoms with Crippen molar-refractivity contribution in [1.82, 2.24) is 0 Å². The van der Waals surface area contributed by atoms with E-state index in [1.807, 2.05) is 36.0 Å². The Bertz CT molecular complexity index is 570. The number of halogens is 1. The van der Waals surface area contributed by atoms with Crippen molar-refractivity contribution in [2.45, 2.75) is 19.9 Å². The molecule has 20 heavy (non-hydrogen) atoms. The van der Waals surface area contributed by atoms with E-state index in [0.29, 0.717) is 18.7 Å². The van der Waals surface area contributed by atoms with E-state index in [2.05, 4.69) is 5.32 Å². The molecular weight excluding hydrogens is 320 g/mol. The zero-order valence-electron chi connectivity index (χ0n) is 11.2. The zero-order valence-corrected chi connectivity index (χ0v) is 12.8. The van der Waals surface area contributed by atoms with Crippen LogP contribution in [0.1, 0.15) is 12.0 Å². The van der Waals surface area contributed by atoms with Crippen LogP contribution in [0.3, 0.4) is 0 Å². The molecule has 2 rings (SSSR count). The number of aromatic hydroxyl groups is 1. The van der Waals surface area contributed by atoms with Crippen LogP contribution in [0.2, 0.25) is 0 Å². The van der Waals surface area contributed by atoms with Crippen LogP contribution in [-0.2, 0) is 11.3 Å². The Balaban J connectivity index is 0.00000200. The van der Waals surface area contributed by atoms with Crippen molar-refractivity contribution in [2.75, 3.05) is 5.32 Å². The molecule has 4 nitrogen and oxygen atoms in total. The normalized spacial score (nSPS) is 9.65. The minimum absolute atomic E-state index is 0. The molecule has 0 radical (unpaired) electrons. The summed E-state index contributed by atoms with van der Waals surface area (Å²) in [6.07, 6.45) is 4.26. The van der Waals surface area contributed by atoms with Crippen molar-refractivity contribution in [3.8, 4) is 5.75 Å². The number of rotatable bonds is 4. The summed E-state index contributed by atoms with van der Waals surface area (Å²) in [4.78, 5) is 11.8. The van der Waals surface area contributed by atoms with Crippen LogP contribution in [0.25, 0.3) is 0 Å². The van der Waals surface area contributed by atoms with Crippen LogP contribution in [0.15, 0.2) is 48.8 Å². The minimum atomic E-state index is -0.116. The van der Waals surface area contributed by atoms with Gasteiger partial charge in [-0.05, 0) is 24.6 Å². The first-order chi connectivity index (χ1) is 9.15. The SMILES string of the molecule is Cc1cc[n+](CCC(=O)Nc2ccccc2O)cc1.[Br-]. The highest BCUT2D eigenvalue weighted by Gasteiger charge is 2.08. The minimum Gasteiger partial charge on any atom is -1.00 e. The van der Waals surface area contributed by atoms with Crippen LogP contribution >= 0.6 is 0 Å². The van der Waals surface area contributed by atoms with Crippen LogP contribution in [-0.4, -0.2) is 11.0 Å². The number of amides is 1. The molecule has 0 bridgehead atoms. The summed E-state index contributed by atoms with van der Waals surface area (Å²) in [5, 5.41) is 12.2. The van der Waals surface area contributed by atoms with Crippen molar-refractivity contribution in [3.05, 3.63) is 54.4 Å². The van der Waals surface area contributed by atoms with E-state index in [-0.39, 0.29) is 28.6 Å². The monoisotopic (exact) mass is 336 g/mol. The summed E-state index contributed by atoms with van der Waals surface area (Å²) in [5.74, 6) is -0.0339. The number of carbonyl (C=O) groups is 1. The molecule has 1 heterocycles. The van der Waals surface area contributed by atoms with Gasteiger partial charge in [0.15, 0.2) is 18.9 Å². The molecule has 0 saturated carbocycles. The molecule has 0 fully saturated rings. The van der Waals surface area contributed by atoms with E-state index < -0.39 is 0 Å². The number of nitrogens with one attached hydrogen (secondary N) is 1. The molecule has 0 saturated heterocycles. The number of carbonyl (C=O) groups excluding carboxylic acids is 1. The molecule has 0 unspecified atom stereocenters. The lowest BCUT2D eigenvalue weighted by molar-refractivity contribution is -0.695. The van der Waals surface area contributed by atoms with Gasteiger partial charge in [-0.2, -0.15) is 0 Å². The summed E-state index contributed by atoms with van der Waals surface area (Å²) in [5.41, 5.74) is 1.64. The number of hydrogen-bond donors (Lipinski definition) is 2. The highest BCUT2D eigenvalue weighted by molar-refractivity contribution is 5.91. The maximum Gasteiger partial charge on any atom is 0.230 e. The summed E-state index contributed by atoms with van der Waals surface area (Å²) in [6.45, 7) is 2.63. The Labute approximate surface area is 128 Å². The van der Waals surface area contributed by atoms with E-state index in [0.717, 1.165) is 0 Å². The Morgan fingerprint density at radius 3 is 2.50 bits per heavy atom. The molecule has 0 aliphatic carbocycles. The molecule has 0 atom stereocenters. The third-order valence-electron chi connectivity index (χ3n) is 2.83. The van der Waals surface area contributed by atoms with E-state index in [1.54, 1.807) is 24.3 Å². The average Bonchev–Trinajstić information content (AvgIpc) is 2.41. The van der Waals surface area contributed by atoms with Gasteiger partial charge in [0, 0.05) is 12.1 Å². The third kappa shape index (κ3) is 4.66. The van der Waals surface area contributed by atoms with Crippen LogP contribution < -0.4 is 26.9 Å². The second kappa shape index (κ2) is 7.65. The number of phenolic OH excluding ortho intramolecular Hbond substituents is 1. The molecule has 2 aromatic rings. The fraction of sp³-hybridized carbons (Fsp3) is 0.200. The number of para-hydroxylation sites is 2. The Morgan fingerprint density at radius 2 is 1.85 bits per heavy atom. The first-order valence-electron chi connectivity index (χ1n) is 6.19. The van der Waals surface area contributed by atoms with Gasteiger partial charge in [-0.25, -0.2) is 4.57 Å². The zero-order chi connectivity index (χ0) is 13.7. The molecule has 0 aliphatic heterocycles. The predicted molar refractivity (Wildman–Crippen MR) is 72.7 cm³/mol. The van der Waals surface area contributed by atoms with E-state index in [9.17, 15) is 9.90 Å². The summed E-state index contributed by atoms with van der Waals surface area (Å²) in [7, 11) is 0. The smallest absolute Gasteiger partial charge is 0.230 e. The second-order valence-corrected chi connectivity index (χ2v) is 4.43. The summed E-state index contributed by atoms with van der Waals surface area (Å²) in [6, 6.07) is 10.7. The topological polar surface area (TPSA) is 53.2 Å². The number of hydrogen-bond acceptors (Lipinski definition) is 2. The van der Waals surface area contributed by atoms with Crippen molar-refractivity contribution in [3.63, 3.8) is 0 Å². The van der Waals surface area contributed by atoms with Crippen molar-refractivity contribution < 1.29 is 31.4 Å². The molecule has 106 valence electrons. The number of aromatic nitrogens is 1. The van der Waals surface area contributed by atoms with Gasteiger partial charge < -0.3 is 27.4 Å². The summed E-state index contributed by atoms with van der Waals surface area (Å²) >= 11 is 0. The number of phenols is 1. The van der Waals surface area contributed by atoms with Crippen LogP contribution in [0, 0.1) is 6.92 Å². The highest BCUT2D eigenvalue weighted by Crippen LogP contribution is 2.21. The molecule has 5 heteroatoms. The lowest BCUT2D eigenvalue weighted by Crippen LogP contribution is -3.00. The van der Waals surface area contributed by atoms with Crippen molar-refractivity contribution >= 4 is 11.6 Å². The maximum atomic E-state index is 11.8. The van der Waals surface area contributed by atoms with Gasteiger partial charge >= 0.3 is 0 Å². The van der Waals surface area contributed by atoms with Crippen molar-refractivity contribution in [1.29, 1.82) is 0 Å². The van der Waals surface area contributed by atoms with Crippen LogP contribution in [0.5, 0.6) is 5.75 Å². The molecular formula is C15H17BrN2O2. The van der Waals surface area contributed by atoms with Gasteiger partial charge in [0.1, 0.15) is 5.75 Å². The average molecular weight is 337 g/mol. The molecule has 0 aliphatic rings. The standard InChI is InChI=1S/C15H16N2O2.BrH/c1-12-6-9-17(10-7-12)11-8-15(19)16-13-4-2-3-5-14(13)18;/h2-7,9-10H,8,11H2,1H3,(H-,16,18,19);1H. The van der Waals surface area contributed by atoms with Gasteiger partial charge in [-0.1, -0.05) is 12.1 Å². The number of anilines is 1. The van der Waals surface area contributed by atoms with Gasteiger partial charge in [0.25, 0.3) is 0 Å². The number of aryl methyl sites for hydroxylation is 2. The Morgan fingerprint density at radius 1 is 1.20 bits per heavy atom. The molecule has 1 aromatic carbocycles. The predicted octanol–water partition coefficient (Wildman–Crippen LogP) is -0.979. The van der Waals surface area contributed by atoms with Gasteiger partial charge in [-0.15, -0.1) is 0 Å². The molecule has 1 aromatic heterocycles. The highest BCUT2D eigenvalue weighted by atomic mass is 79.9. The summed E-state index contributed by atoms with van der Waals surface area (Å²) < 4.78 is 1.96. The largest absolute Gasteiger partial charge is 1.00 e. The van der Waals surface area contributed by atoms with Crippen LogP contribution in [0.4, 0.5) is 5.69 Å². The molecule has 2 N–H and O–H groups in total. The quantitative estimate of drug-likeness (QED) is 0.557. The van der Waals surface area contributed by atoms with Gasteiger partial charge in [0.05, 0.1) is 12.1 Å². The van der Waals surface area contributed by atoms with Gasteiger partial charge in [-0.3, -0.25) is 4.79 Å². The fourth-order valence-corrected chi connectivity index (χ4v) is 1.70. The van der Waals surface area contributed by atoms with Crippen molar-refractivity contribution in [2.24, 2.45) is 0 Å². The molecule has 0 spiro atoms. The lowest BCUT2D eigenvalue weighted by Gasteiger charge is -2.05. The maximum absolute atomic E-state index is 11.8. The first kappa shape index (κ1) is 16.2. The third-order valence-corrected chi connectivity index (χ3v) is 2.83. The Kier molecular flexibility index (Phi) is 6.18. The number of nitrogens with zero attached hydrogens (tertiary/aromatic N) is 1. The Hall–Kier alpha value is -1.88. The fourth-order valence-electron chi connectivity index (χ4n) is 1.70. The van der Waals surface area contributed by atoms with E-state index >= 15 is 0 Å². The lowest BCUT2D eigenvalue weighted by atomic mass is 10.2. The number of benzene rings is 1. The van der Waals surface area contributed by atoms with Gasteiger partial charge in [0.2, 0.25) is 5.91 Å². The first-order valence-corrected chi connectivity index (χ1v) is 6.19. The second-order valence-electron chi connectivity index (χ2n) is 4.43. The number of pyridine rings is 1. The van der Waals surface area contributed by atoms with E-state index in [1.165, 1.54) is 5.56 Å².